The summed E-state index contributed by atoms with van der Waals surface area (Å²) >= 11 is 11.9. The fourth-order valence-corrected chi connectivity index (χ4v) is 3.32. The molecule has 0 saturated carbocycles. The highest BCUT2D eigenvalue weighted by Crippen LogP contribution is 2.38. The van der Waals surface area contributed by atoms with Crippen LogP contribution in [0.3, 0.4) is 0 Å². The third-order valence-corrected chi connectivity index (χ3v) is 5.04. The Morgan fingerprint density at radius 1 is 1.10 bits per heavy atom. The van der Waals surface area contributed by atoms with E-state index in [0.29, 0.717) is 21.1 Å². The van der Waals surface area contributed by atoms with Gasteiger partial charge in [0.15, 0.2) is 5.82 Å². The molecular formula is C19H9Cl2F3N4O. The first kappa shape index (κ1) is 19.3. The minimum atomic E-state index is -4.65. The summed E-state index contributed by atoms with van der Waals surface area (Å²) < 4.78 is 47.1. The van der Waals surface area contributed by atoms with E-state index < -0.39 is 17.3 Å². The first-order chi connectivity index (χ1) is 13.8. The predicted octanol–water partition coefficient (Wildman–Crippen LogP) is 5.94. The number of nitrogens with zero attached hydrogens (tertiary/aromatic N) is 4. The maximum atomic E-state index is 13.4. The second-order valence-electron chi connectivity index (χ2n) is 6.12. The van der Waals surface area contributed by atoms with E-state index in [1.807, 2.05) is 0 Å². The van der Waals surface area contributed by atoms with Gasteiger partial charge < -0.3 is 9.09 Å². The van der Waals surface area contributed by atoms with Gasteiger partial charge in [-0.25, -0.2) is 0 Å². The molecule has 0 spiro atoms. The summed E-state index contributed by atoms with van der Waals surface area (Å²) in [5, 5.41) is 13.5. The number of nitriles is 1. The predicted molar refractivity (Wildman–Crippen MR) is 101 cm³/mol. The Morgan fingerprint density at radius 3 is 2.59 bits per heavy atom. The molecule has 0 amide bonds. The number of rotatable bonds is 3. The SMILES string of the molecule is N#Cc1ccc2c(ccn2Cc2noc(-c3ccc(Cl)c(Cl)c3)n2)c1C(F)(F)F. The second kappa shape index (κ2) is 7.10. The van der Waals surface area contributed by atoms with Gasteiger partial charge in [0, 0.05) is 22.7 Å². The van der Waals surface area contributed by atoms with Crippen LogP contribution in [-0.4, -0.2) is 14.7 Å². The van der Waals surface area contributed by atoms with E-state index in [0.717, 1.165) is 6.07 Å². The quantitative estimate of drug-likeness (QED) is 0.398. The Labute approximate surface area is 171 Å². The zero-order valence-corrected chi connectivity index (χ0v) is 15.8. The Bertz CT molecular complexity index is 1270. The van der Waals surface area contributed by atoms with Gasteiger partial charge in [0.2, 0.25) is 0 Å². The van der Waals surface area contributed by atoms with Gasteiger partial charge in [0.05, 0.1) is 33.8 Å². The Balaban J connectivity index is 1.70. The van der Waals surface area contributed by atoms with Gasteiger partial charge in [0.25, 0.3) is 5.89 Å². The number of hydrogen-bond donors (Lipinski definition) is 0. The molecule has 2 aromatic carbocycles. The molecule has 2 aromatic heterocycles. The van der Waals surface area contributed by atoms with Gasteiger partial charge in [0.1, 0.15) is 0 Å². The van der Waals surface area contributed by atoms with Gasteiger partial charge >= 0.3 is 6.18 Å². The molecule has 0 unspecified atom stereocenters. The lowest BCUT2D eigenvalue weighted by molar-refractivity contribution is -0.136. The van der Waals surface area contributed by atoms with Gasteiger partial charge in [-0.05, 0) is 36.4 Å². The van der Waals surface area contributed by atoms with Crippen molar-refractivity contribution in [2.24, 2.45) is 0 Å². The molecule has 0 fully saturated rings. The molecule has 4 aromatic rings. The van der Waals surface area contributed by atoms with E-state index >= 15 is 0 Å². The minimum Gasteiger partial charge on any atom is -0.340 e. The van der Waals surface area contributed by atoms with Crippen molar-refractivity contribution in [1.29, 1.82) is 5.26 Å². The van der Waals surface area contributed by atoms with Crippen LogP contribution in [0, 0.1) is 11.3 Å². The summed E-state index contributed by atoms with van der Waals surface area (Å²) in [6.45, 7) is 0.0809. The summed E-state index contributed by atoms with van der Waals surface area (Å²) in [6.07, 6.45) is -3.17. The zero-order valence-electron chi connectivity index (χ0n) is 14.3. The average molecular weight is 437 g/mol. The van der Waals surface area contributed by atoms with Crippen molar-refractivity contribution in [2.75, 3.05) is 0 Å². The number of aromatic nitrogens is 3. The second-order valence-corrected chi connectivity index (χ2v) is 6.93. The van der Waals surface area contributed by atoms with E-state index in [-0.39, 0.29) is 23.6 Å². The van der Waals surface area contributed by atoms with Crippen molar-refractivity contribution < 1.29 is 17.7 Å². The lowest BCUT2D eigenvalue weighted by Crippen LogP contribution is -2.09. The van der Waals surface area contributed by atoms with Crippen LogP contribution in [0.1, 0.15) is 17.0 Å². The van der Waals surface area contributed by atoms with Crippen molar-refractivity contribution in [3.63, 3.8) is 0 Å². The molecule has 29 heavy (non-hydrogen) atoms. The molecule has 0 saturated heterocycles. The fraction of sp³-hybridized carbons (Fsp3) is 0.105. The zero-order chi connectivity index (χ0) is 20.8. The fourth-order valence-electron chi connectivity index (χ4n) is 3.03. The van der Waals surface area contributed by atoms with Crippen LogP contribution in [0.15, 0.2) is 47.1 Å². The van der Waals surface area contributed by atoms with E-state index in [4.69, 9.17) is 33.0 Å². The third-order valence-electron chi connectivity index (χ3n) is 4.30. The van der Waals surface area contributed by atoms with Crippen molar-refractivity contribution in [1.82, 2.24) is 14.7 Å². The third kappa shape index (κ3) is 3.55. The Kier molecular flexibility index (Phi) is 4.73. The number of benzene rings is 2. The molecule has 0 atom stereocenters. The van der Waals surface area contributed by atoms with Gasteiger partial charge in [-0.15, -0.1) is 0 Å². The molecule has 2 heterocycles. The lowest BCUT2D eigenvalue weighted by Gasteiger charge is -2.11. The lowest BCUT2D eigenvalue weighted by atomic mass is 10.0. The topological polar surface area (TPSA) is 67.6 Å². The summed E-state index contributed by atoms with van der Waals surface area (Å²) in [6, 6.07) is 10.4. The molecule has 0 N–H and O–H groups in total. The van der Waals surface area contributed by atoms with Gasteiger partial charge in [-0.2, -0.15) is 23.4 Å². The van der Waals surface area contributed by atoms with Crippen LogP contribution in [0.25, 0.3) is 22.4 Å². The molecule has 146 valence electrons. The van der Waals surface area contributed by atoms with Crippen LogP contribution in [0.4, 0.5) is 13.2 Å². The van der Waals surface area contributed by atoms with Crippen LogP contribution in [0.2, 0.25) is 10.0 Å². The minimum absolute atomic E-state index is 0.0650. The number of fused-ring (bicyclic) bond motifs is 1. The molecule has 0 radical (unpaired) electrons. The van der Waals surface area contributed by atoms with E-state index in [1.165, 1.54) is 18.3 Å². The van der Waals surface area contributed by atoms with Crippen molar-refractivity contribution in [3.8, 4) is 17.5 Å². The molecule has 0 aliphatic rings. The number of halogens is 5. The maximum Gasteiger partial charge on any atom is 0.418 e. The van der Waals surface area contributed by atoms with E-state index in [1.54, 1.807) is 28.8 Å². The van der Waals surface area contributed by atoms with E-state index in [9.17, 15) is 13.2 Å². The molecule has 0 aliphatic carbocycles. The normalized spacial score (nSPS) is 11.7. The molecule has 0 bridgehead atoms. The Morgan fingerprint density at radius 2 is 1.90 bits per heavy atom. The maximum absolute atomic E-state index is 13.4. The van der Waals surface area contributed by atoms with Crippen LogP contribution in [0.5, 0.6) is 0 Å². The summed E-state index contributed by atoms with van der Waals surface area (Å²) in [7, 11) is 0. The summed E-state index contributed by atoms with van der Waals surface area (Å²) in [5.41, 5.74) is -0.518. The van der Waals surface area contributed by atoms with E-state index in [2.05, 4.69) is 10.1 Å². The van der Waals surface area contributed by atoms with Crippen LogP contribution in [-0.2, 0) is 12.7 Å². The number of alkyl halides is 3. The highest BCUT2D eigenvalue weighted by molar-refractivity contribution is 6.42. The van der Waals surface area contributed by atoms with Gasteiger partial charge in [-0.3, -0.25) is 0 Å². The average Bonchev–Trinajstić information content (AvgIpc) is 3.30. The molecule has 4 rings (SSSR count). The summed E-state index contributed by atoms with van der Waals surface area (Å²) in [4.78, 5) is 4.26. The Hall–Kier alpha value is -3.02. The number of hydrogen-bond acceptors (Lipinski definition) is 4. The first-order valence-electron chi connectivity index (χ1n) is 8.15. The molecule has 0 aliphatic heterocycles. The smallest absolute Gasteiger partial charge is 0.340 e. The summed E-state index contributed by atoms with van der Waals surface area (Å²) in [5.74, 6) is 0.472. The highest BCUT2D eigenvalue weighted by Gasteiger charge is 2.36. The van der Waals surface area contributed by atoms with Crippen molar-refractivity contribution in [2.45, 2.75) is 12.7 Å². The standard InChI is InChI=1S/C19H9Cl2F3N4O/c20-13-3-1-10(7-14(13)21)18-26-16(27-29-18)9-28-6-5-12-15(28)4-2-11(8-25)17(12)19(22,23)24/h1-7H,9H2. The van der Waals surface area contributed by atoms with Crippen molar-refractivity contribution in [3.05, 3.63) is 69.6 Å². The van der Waals surface area contributed by atoms with Crippen LogP contribution < -0.4 is 0 Å². The van der Waals surface area contributed by atoms with Crippen molar-refractivity contribution >= 4 is 34.1 Å². The van der Waals surface area contributed by atoms with Gasteiger partial charge in [-0.1, -0.05) is 28.4 Å². The highest BCUT2D eigenvalue weighted by atomic mass is 35.5. The first-order valence-corrected chi connectivity index (χ1v) is 8.90. The monoisotopic (exact) mass is 436 g/mol. The largest absolute Gasteiger partial charge is 0.418 e. The molecular weight excluding hydrogens is 428 g/mol. The molecule has 10 heteroatoms. The van der Waals surface area contributed by atoms with Crippen LogP contribution >= 0.6 is 23.2 Å². The molecule has 5 nitrogen and oxygen atoms in total.